The highest BCUT2D eigenvalue weighted by Crippen LogP contribution is 2.42. The summed E-state index contributed by atoms with van der Waals surface area (Å²) in [7, 11) is 0. The molecule has 9 heteroatoms. The van der Waals surface area contributed by atoms with Gasteiger partial charge in [0.25, 0.3) is 5.91 Å². The number of aliphatic carboxylic acids is 1. The molecule has 2 heterocycles. The van der Waals surface area contributed by atoms with Crippen molar-refractivity contribution in [2.24, 2.45) is 5.10 Å². The summed E-state index contributed by atoms with van der Waals surface area (Å²) in [6, 6.07) is 5.80. The van der Waals surface area contributed by atoms with Crippen molar-refractivity contribution in [1.29, 1.82) is 0 Å². The first-order valence-electron chi connectivity index (χ1n) is 9.02. The van der Waals surface area contributed by atoms with Gasteiger partial charge in [0.2, 0.25) is 0 Å². The summed E-state index contributed by atoms with van der Waals surface area (Å²) in [4.78, 5) is 27.7. The van der Waals surface area contributed by atoms with Crippen LogP contribution in [0.2, 0.25) is 0 Å². The molecule has 0 radical (unpaired) electrons. The molecular weight excluding hydrogens is 391 g/mol. The standard InChI is InChI=1S/C21H19FN4O4/c1-3-16-18-14(12-5-7-13(22)8-6-12)9-23-10-15(18)20(29)19(26(16)25-4-2)21(30)24-11-17(27)28/h3-10,29H,11H2,1-2H3,(H,24,30)(H,27,28)/b16-3+,25-4-. The highest BCUT2D eigenvalue weighted by Gasteiger charge is 2.35. The van der Waals surface area contributed by atoms with Crippen molar-refractivity contribution in [2.75, 3.05) is 6.54 Å². The van der Waals surface area contributed by atoms with Crippen LogP contribution in [-0.2, 0) is 9.59 Å². The minimum Gasteiger partial charge on any atom is -0.505 e. The maximum atomic E-state index is 13.4. The van der Waals surface area contributed by atoms with Crippen molar-refractivity contribution in [1.82, 2.24) is 15.3 Å². The minimum absolute atomic E-state index is 0.229. The fourth-order valence-corrected chi connectivity index (χ4v) is 3.16. The van der Waals surface area contributed by atoms with E-state index in [0.29, 0.717) is 22.4 Å². The predicted octanol–water partition coefficient (Wildman–Crippen LogP) is 3.00. The van der Waals surface area contributed by atoms with Gasteiger partial charge in [0.05, 0.1) is 5.70 Å². The Labute approximate surface area is 171 Å². The Morgan fingerprint density at radius 1 is 1.20 bits per heavy atom. The van der Waals surface area contributed by atoms with Crippen LogP contribution >= 0.6 is 0 Å². The lowest BCUT2D eigenvalue weighted by molar-refractivity contribution is -0.137. The quantitative estimate of drug-likeness (QED) is 0.653. The number of nitrogens with zero attached hydrogens (tertiary/aromatic N) is 3. The molecule has 0 atom stereocenters. The van der Waals surface area contributed by atoms with Gasteiger partial charge in [0, 0.05) is 35.3 Å². The number of fused-ring (bicyclic) bond motifs is 1. The lowest BCUT2D eigenvalue weighted by atomic mass is 9.91. The summed E-state index contributed by atoms with van der Waals surface area (Å²) in [5.74, 6) is -2.82. The molecule has 30 heavy (non-hydrogen) atoms. The molecule has 0 bridgehead atoms. The average molecular weight is 410 g/mol. The van der Waals surface area contributed by atoms with E-state index in [9.17, 15) is 19.1 Å². The molecule has 3 N–H and O–H groups in total. The monoisotopic (exact) mass is 410 g/mol. The number of hydrogen-bond acceptors (Lipinski definition) is 6. The molecule has 0 aliphatic carbocycles. The van der Waals surface area contributed by atoms with E-state index in [4.69, 9.17) is 5.11 Å². The Hall–Kier alpha value is -4.01. The van der Waals surface area contributed by atoms with Crippen molar-refractivity contribution in [3.8, 4) is 11.1 Å². The maximum Gasteiger partial charge on any atom is 0.322 e. The second-order valence-corrected chi connectivity index (χ2v) is 6.25. The molecule has 0 fully saturated rings. The summed E-state index contributed by atoms with van der Waals surface area (Å²) in [5, 5.41) is 27.4. The van der Waals surface area contributed by atoms with Crippen molar-refractivity contribution in [3.05, 3.63) is 65.4 Å². The molecule has 2 aromatic rings. The van der Waals surface area contributed by atoms with Gasteiger partial charge in [-0.05, 0) is 31.5 Å². The van der Waals surface area contributed by atoms with Crippen LogP contribution in [0.15, 0.2) is 53.5 Å². The van der Waals surface area contributed by atoms with Gasteiger partial charge in [-0.25, -0.2) is 9.40 Å². The van der Waals surface area contributed by atoms with Crippen LogP contribution in [0.1, 0.15) is 25.0 Å². The Kier molecular flexibility index (Phi) is 5.91. The fourth-order valence-electron chi connectivity index (χ4n) is 3.16. The number of carbonyl (C=O) groups excluding carboxylic acids is 1. The number of allylic oxidation sites excluding steroid dienone is 1. The van der Waals surface area contributed by atoms with Gasteiger partial charge in [-0.3, -0.25) is 14.6 Å². The van der Waals surface area contributed by atoms with Gasteiger partial charge in [-0.2, -0.15) is 5.10 Å². The largest absolute Gasteiger partial charge is 0.505 e. The van der Waals surface area contributed by atoms with Gasteiger partial charge < -0.3 is 15.5 Å². The number of aliphatic hydroxyl groups excluding tert-OH is 1. The lowest BCUT2D eigenvalue weighted by Crippen LogP contribution is -2.37. The van der Waals surface area contributed by atoms with Crippen molar-refractivity contribution in [3.63, 3.8) is 0 Å². The third kappa shape index (κ3) is 3.77. The van der Waals surface area contributed by atoms with E-state index < -0.39 is 24.2 Å². The first-order valence-corrected chi connectivity index (χ1v) is 9.02. The number of pyridine rings is 1. The van der Waals surface area contributed by atoms with Crippen LogP contribution < -0.4 is 5.32 Å². The summed E-state index contributed by atoms with van der Waals surface area (Å²) < 4.78 is 13.4. The topological polar surface area (TPSA) is 115 Å². The lowest BCUT2D eigenvalue weighted by Gasteiger charge is -2.31. The second kappa shape index (κ2) is 8.56. The van der Waals surface area contributed by atoms with Crippen LogP contribution in [0.5, 0.6) is 0 Å². The predicted molar refractivity (Wildman–Crippen MR) is 109 cm³/mol. The minimum atomic E-state index is -1.23. The second-order valence-electron chi connectivity index (χ2n) is 6.25. The molecule has 1 aliphatic heterocycles. The van der Waals surface area contributed by atoms with Crippen LogP contribution in [0.4, 0.5) is 4.39 Å². The van der Waals surface area contributed by atoms with Crippen molar-refractivity contribution >= 4 is 29.5 Å². The third-order valence-corrected chi connectivity index (χ3v) is 4.40. The molecule has 0 spiro atoms. The Morgan fingerprint density at radius 3 is 2.47 bits per heavy atom. The Morgan fingerprint density at radius 2 is 1.87 bits per heavy atom. The molecule has 154 valence electrons. The summed E-state index contributed by atoms with van der Waals surface area (Å²) in [6.07, 6.45) is 6.12. The molecule has 0 unspecified atom stereocenters. The van der Waals surface area contributed by atoms with Gasteiger partial charge >= 0.3 is 5.97 Å². The number of carboxylic acids is 1. The zero-order valence-electron chi connectivity index (χ0n) is 16.3. The van der Waals surface area contributed by atoms with Gasteiger partial charge in [0.15, 0.2) is 11.5 Å². The highest BCUT2D eigenvalue weighted by atomic mass is 19.1. The Balaban J connectivity index is 2.25. The number of hydrogen-bond donors (Lipinski definition) is 3. The fraction of sp³-hybridized carbons (Fsp3) is 0.143. The number of carboxylic acid groups (broad SMARTS) is 1. The SMILES string of the molecule is C/C=N\N1C(C(=O)NCC(=O)O)=C(O)c2cncc(-c3ccc(F)cc3)c2/C1=C\C. The number of benzene rings is 1. The number of nitrogens with one attached hydrogen (secondary N) is 1. The van der Waals surface area contributed by atoms with E-state index in [0.717, 1.165) is 0 Å². The van der Waals surface area contributed by atoms with Gasteiger partial charge in [-0.1, -0.05) is 18.2 Å². The van der Waals surface area contributed by atoms with Crippen molar-refractivity contribution in [2.45, 2.75) is 13.8 Å². The number of hydrazone groups is 1. The van der Waals surface area contributed by atoms with E-state index in [1.807, 2.05) is 0 Å². The zero-order chi connectivity index (χ0) is 21.8. The summed E-state index contributed by atoms with van der Waals surface area (Å²) in [6.45, 7) is 2.76. The van der Waals surface area contributed by atoms with Crippen molar-refractivity contribution < 1.29 is 24.2 Å². The molecule has 1 amide bonds. The first kappa shape index (κ1) is 20.7. The molecule has 1 aromatic carbocycles. The number of amides is 1. The maximum absolute atomic E-state index is 13.4. The summed E-state index contributed by atoms with van der Waals surface area (Å²) in [5.41, 5.74) is 2.33. The molecule has 8 nitrogen and oxygen atoms in total. The normalized spacial score (nSPS) is 14.9. The smallest absolute Gasteiger partial charge is 0.322 e. The van der Waals surface area contributed by atoms with Crippen LogP contribution in [0.25, 0.3) is 22.6 Å². The van der Waals surface area contributed by atoms with Crippen LogP contribution in [0.3, 0.4) is 0 Å². The van der Waals surface area contributed by atoms with Crippen LogP contribution in [0, 0.1) is 5.82 Å². The number of rotatable bonds is 5. The number of aromatic nitrogens is 1. The molecule has 1 aromatic heterocycles. The number of aliphatic hydroxyl groups is 1. The van der Waals surface area contributed by atoms with Crippen LogP contribution in [-0.4, -0.2) is 44.8 Å². The van der Waals surface area contributed by atoms with E-state index in [1.165, 1.54) is 29.6 Å². The average Bonchev–Trinajstić information content (AvgIpc) is 2.73. The van der Waals surface area contributed by atoms with Gasteiger partial charge in [-0.15, -0.1) is 0 Å². The molecule has 1 aliphatic rings. The van der Waals surface area contributed by atoms with E-state index >= 15 is 0 Å². The number of carbonyl (C=O) groups is 2. The summed E-state index contributed by atoms with van der Waals surface area (Å²) >= 11 is 0. The highest BCUT2D eigenvalue weighted by molar-refractivity contribution is 6.05. The number of halogens is 1. The van der Waals surface area contributed by atoms with Gasteiger partial charge in [0.1, 0.15) is 12.4 Å². The zero-order valence-corrected chi connectivity index (χ0v) is 16.3. The molecule has 0 saturated carbocycles. The first-order chi connectivity index (χ1) is 14.4. The molecule has 3 rings (SSSR count). The Bertz CT molecular complexity index is 1090. The third-order valence-electron chi connectivity index (χ3n) is 4.40. The van der Waals surface area contributed by atoms with E-state index in [2.05, 4.69) is 15.4 Å². The van der Waals surface area contributed by atoms with E-state index in [1.54, 1.807) is 38.3 Å². The molecular formula is C21H19FN4O4. The van der Waals surface area contributed by atoms with E-state index in [-0.39, 0.29) is 17.1 Å². The molecule has 0 saturated heterocycles.